The van der Waals surface area contributed by atoms with E-state index in [1.807, 2.05) is 19.2 Å². The van der Waals surface area contributed by atoms with E-state index in [1.165, 1.54) is 16.7 Å². The maximum absolute atomic E-state index is 4.00. The highest BCUT2D eigenvalue weighted by Gasteiger charge is 1.96. The first-order valence-corrected chi connectivity index (χ1v) is 5.71. The van der Waals surface area contributed by atoms with Crippen molar-refractivity contribution in [1.82, 2.24) is 10.3 Å². The van der Waals surface area contributed by atoms with E-state index in [4.69, 9.17) is 0 Å². The first-order chi connectivity index (χ1) is 8.40. The Labute approximate surface area is 102 Å². The summed E-state index contributed by atoms with van der Waals surface area (Å²) in [5.41, 5.74) is 3.72. The van der Waals surface area contributed by atoms with E-state index in [1.54, 1.807) is 12.4 Å². The van der Waals surface area contributed by atoms with E-state index < -0.39 is 0 Å². The van der Waals surface area contributed by atoms with E-state index in [0.29, 0.717) is 0 Å². The molecule has 0 radical (unpaired) electrons. The van der Waals surface area contributed by atoms with Crippen molar-refractivity contribution in [3.8, 4) is 0 Å². The number of hydrogen-bond donors (Lipinski definition) is 1. The van der Waals surface area contributed by atoms with Crippen LogP contribution in [0.25, 0.3) is 12.2 Å². The quantitative estimate of drug-likeness (QED) is 0.863. The van der Waals surface area contributed by atoms with Crippen LogP contribution in [-0.2, 0) is 6.54 Å². The molecule has 0 saturated carbocycles. The lowest BCUT2D eigenvalue weighted by Crippen LogP contribution is -2.06. The van der Waals surface area contributed by atoms with Crippen molar-refractivity contribution in [2.24, 2.45) is 0 Å². The molecule has 0 atom stereocenters. The summed E-state index contributed by atoms with van der Waals surface area (Å²) >= 11 is 0. The topological polar surface area (TPSA) is 24.9 Å². The first kappa shape index (κ1) is 11.6. The van der Waals surface area contributed by atoms with Gasteiger partial charge in [-0.1, -0.05) is 36.4 Å². The molecule has 1 N–H and O–H groups in total. The van der Waals surface area contributed by atoms with Crippen LogP contribution in [0.3, 0.4) is 0 Å². The summed E-state index contributed by atoms with van der Waals surface area (Å²) in [6.07, 6.45) is 7.86. The van der Waals surface area contributed by atoms with Gasteiger partial charge in [0.1, 0.15) is 0 Å². The Hall–Kier alpha value is -1.93. The maximum atomic E-state index is 4.00. The van der Waals surface area contributed by atoms with Gasteiger partial charge < -0.3 is 5.32 Å². The van der Waals surface area contributed by atoms with Gasteiger partial charge >= 0.3 is 0 Å². The molecule has 1 aromatic heterocycles. The molecule has 0 aliphatic carbocycles. The van der Waals surface area contributed by atoms with Crippen molar-refractivity contribution in [3.63, 3.8) is 0 Å². The smallest absolute Gasteiger partial charge is 0.0273 e. The van der Waals surface area contributed by atoms with E-state index in [0.717, 1.165) is 6.54 Å². The van der Waals surface area contributed by atoms with Crippen LogP contribution < -0.4 is 5.32 Å². The SMILES string of the molecule is CNCc1ccccc1/C=C/c1ccncc1. The molecule has 0 aliphatic heterocycles. The Morgan fingerprint density at radius 3 is 2.59 bits per heavy atom. The Balaban J connectivity index is 2.21. The molecule has 2 heteroatoms. The fourth-order valence-corrected chi connectivity index (χ4v) is 1.71. The lowest BCUT2D eigenvalue weighted by molar-refractivity contribution is 0.816. The Kier molecular flexibility index (Phi) is 4.05. The number of aromatic nitrogens is 1. The number of benzene rings is 1. The van der Waals surface area contributed by atoms with Gasteiger partial charge in [-0.05, 0) is 35.9 Å². The molecular formula is C15H16N2. The second kappa shape index (κ2) is 5.97. The van der Waals surface area contributed by atoms with Gasteiger partial charge in [-0.25, -0.2) is 0 Å². The molecule has 0 amide bonds. The largest absolute Gasteiger partial charge is 0.316 e. The average molecular weight is 224 g/mol. The van der Waals surface area contributed by atoms with Crippen LogP contribution in [0.4, 0.5) is 0 Å². The highest BCUT2D eigenvalue weighted by molar-refractivity contribution is 5.70. The fourth-order valence-electron chi connectivity index (χ4n) is 1.71. The molecule has 0 spiro atoms. The van der Waals surface area contributed by atoms with Crippen LogP contribution >= 0.6 is 0 Å². The van der Waals surface area contributed by atoms with Gasteiger partial charge in [-0.15, -0.1) is 0 Å². The molecule has 1 aromatic carbocycles. The summed E-state index contributed by atoms with van der Waals surface area (Å²) in [5, 5.41) is 3.18. The third-order valence-corrected chi connectivity index (χ3v) is 2.58. The van der Waals surface area contributed by atoms with Crippen LogP contribution in [-0.4, -0.2) is 12.0 Å². The maximum Gasteiger partial charge on any atom is 0.0273 e. The zero-order chi connectivity index (χ0) is 11.9. The second-order valence-corrected chi connectivity index (χ2v) is 3.84. The van der Waals surface area contributed by atoms with Gasteiger partial charge in [0.15, 0.2) is 0 Å². The third kappa shape index (κ3) is 3.26. The molecule has 0 saturated heterocycles. The standard InChI is InChI=1S/C15H16N2/c1-16-12-15-5-3-2-4-14(15)7-6-13-8-10-17-11-9-13/h2-11,16H,12H2,1H3/b7-6+. The molecule has 17 heavy (non-hydrogen) atoms. The zero-order valence-electron chi connectivity index (χ0n) is 9.93. The van der Waals surface area contributed by atoms with Gasteiger partial charge in [0.05, 0.1) is 0 Å². The molecule has 2 rings (SSSR count). The average Bonchev–Trinajstić information content (AvgIpc) is 2.39. The predicted molar refractivity (Wildman–Crippen MR) is 72.4 cm³/mol. The number of nitrogens with one attached hydrogen (secondary N) is 1. The Morgan fingerprint density at radius 1 is 1.06 bits per heavy atom. The number of nitrogens with zero attached hydrogens (tertiary/aromatic N) is 1. The van der Waals surface area contributed by atoms with Crippen LogP contribution in [0.1, 0.15) is 16.7 Å². The minimum absolute atomic E-state index is 0.886. The summed E-state index contributed by atoms with van der Waals surface area (Å²) in [6, 6.07) is 12.4. The number of hydrogen-bond acceptors (Lipinski definition) is 2. The van der Waals surface area contributed by atoms with Gasteiger partial charge in [0.25, 0.3) is 0 Å². The highest BCUT2D eigenvalue weighted by Crippen LogP contribution is 2.12. The van der Waals surface area contributed by atoms with Crippen molar-refractivity contribution >= 4 is 12.2 Å². The van der Waals surface area contributed by atoms with Crippen LogP contribution in [0.5, 0.6) is 0 Å². The van der Waals surface area contributed by atoms with E-state index in [9.17, 15) is 0 Å². The summed E-state index contributed by atoms with van der Waals surface area (Å²) in [6.45, 7) is 0.886. The first-order valence-electron chi connectivity index (χ1n) is 5.71. The highest BCUT2D eigenvalue weighted by atomic mass is 14.8. The van der Waals surface area contributed by atoms with E-state index in [2.05, 4.69) is 46.7 Å². The van der Waals surface area contributed by atoms with Crippen molar-refractivity contribution in [2.45, 2.75) is 6.54 Å². The van der Waals surface area contributed by atoms with E-state index in [-0.39, 0.29) is 0 Å². The molecule has 1 heterocycles. The summed E-state index contributed by atoms with van der Waals surface area (Å²) < 4.78 is 0. The predicted octanol–water partition coefficient (Wildman–Crippen LogP) is 2.97. The van der Waals surface area contributed by atoms with Crippen LogP contribution in [0.2, 0.25) is 0 Å². The monoisotopic (exact) mass is 224 g/mol. The summed E-state index contributed by atoms with van der Waals surface area (Å²) in [7, 11) is 1.96. The summed E-state index contributed by atoms with van der Waals surface area (Å²) in [5.74, 6) is 0. The molecule has 0 fully saturated rings. The molecule has 0 bridgehead atoms. The summed E-state index contributed by atoms with van der Waals surface area (Å²) in [4.78, 5) is 4.00. The van der Waals surface area contributed by atoms with Crippen molar-refractivity contribution in [3.05, 3.63) is 65.5 Å². The van der Waals surface area contributed by atoms with Crippen LogP contribution in [0.15, 0.2) is 48.8 Å². The van der Waals surface area contributed by atoms with Crippen molar-refractivity contribution < 1.29 is 0 Å². The molecular weight excluding hydrogens is 208 g/mol. The van der Waals surface area contributed by atoms with Gasteiger partial charge in [0, 0.05) is 18.9 Å². The van der Waals surface area contributed by atoms with E-state index >= 15 is 0 Å². The van der Waals surface area contributed by atoms with Crippen LogP contribution in [0, 0.1) is 0 Å². The Morgan fingerprint density at radius 2 is 1.82 bits per heavy atom. The normalized spacial score (nSPS) is 10.9. The van der Waals surface area contributed by atoms with Crippen molar-refractivity contribution in [1.29, 1.82) is 0 Å². The fraction of sp³-hybridized carbons (Fsp3) is 0.133. The third-order valence-electron chi connectivity index (χ3n) is 2.58. The lowest BCUT2D eigenvalue weighted by atomic mass is 10.1. The molecule has 0 aliphatic rings. The second-order valence-electron chi connectivity index (χ2n) is 3.84. The number of rotatable bonds is 4. The van der Waals surface area contributed by atoms with Gasteiger partial charge in [-0.3, -0.25) is 4.98 Å². The Bertz CT molecular complexity index is 489. The van der Waals surface area contributed by atoms with Gasteiger partial charge in [0.2, 0.25) is 0 Å². The van der Waals surface area contributed by atoms with Crippen molar-refractivity contribution in [2.75, 3.05) is 7.05 Å². The molecule has 2 nitrogen and oxygen atoms in total. The molecule has 0 unspecified atom stereocenters. The molecule has 86 valence electrons. The minimum atomic E-state index is 0.886. The lowest BCUT2D eigenvalue weighted by Gasteiger charge is -2.04. The molecule has 2 aromatic rings. The zero-order valence-corrected chi connectivity index (χ0v) is 9.93. The minimum Gasteiger partial charge on any atom is -0.316 e. The number of pyridine rings is 1. The van der Waals surface area contributed by atoms with Gasteiger partial charge in [-0.2, -0.15) is 0 Å².